The SMILES string of the molecule is CCOC(=O)N1CCc2c(sc3c2C(=O)N[C@H](c2ccc(OC)cc2)N3)C1. The van der Waals surface area contributed by atoms with Crippen molar-refractivity contribution in [1.29, 1.82) is 0 Å². The van der Waals surface area contributed by atoms with E-state index >= 15 is 0 Å². The lowest BCUT2D eigenvalue weighted by Gasteiger charge is -2.28. The molecule has 2 aromatic rings. The van der Waals surface area contributed by atoms with E-state index in [4.69, 9.17) is 9.47 Å². The molecule has 0 saturated heterocycles. The van der Waals surface area contributed by atoms with Crippen molar-refractivity contribution in [2.24, 2.45) is 0 Å². The molecule has 2 aliphatic rings. The normalized spacial score (nSPS) is 18.1. The first-order valence-electron chi connectivity index (χ1n) is 8.88. The van der Waals surface area contributed by atoms with Crippen LogP contribution in [0, 0.1) is 0 Å². The molecule has 0 fully saturated rings. The maximum atomic E-state index is 12.8. The number of rotatable bonds is 3. The van der Waals surface area contributed by atoms with Crippen LogP contribution in [0.25, 0.3) is 0 Å². The Morgan fingerprint density at radius 1 is 1.30 bits per heavy atom. The lowest BCUT2D eigenvalue weighted by molar-refractivity contribution is 0.0934. The zero-order chi connectivity index (χ0) is 19.0. The van der Waals surface area contributed by atoms with Gasteiger partial charge in [0.05, 0.1) is 25.8 Å². The Morgan fingerprint density at radius 3 is 2.78 bits per heavy atom. The molecule has 0 spiro atoms. The summed E-state index contributed by atoms with van der Waals surface area (Å²) in [6, 6.07) is 7.60. The third kappa shape index (κ3) is 3.21. The highest BCUT2D eigenvalue weighted by molar-refractivity contribution is 7.16. The van der Waals surface area contributed by atoms with E-state index in [9.17, 15) is 9.59 Å². The van der Waals surface area contributed by atoms with Crippen molar-refractivity contribution in [3.05, 3.63) is 45.8 Å². The van der Waals surface area contributed by atoms with Gasteiger partial charge in [0, 0.05) is 11.4 Å². The molecule has 0 bridgehead atoms. The number of ether oxygens (including phenoxy) is 2. The lowest BCUT2D eigenvalue weighted by atomic mass is 10.0. The Hall–Kier alpha value is -2.74. The van der Waals surface area contributed by atoms with Gasteiger partial charge in [0.2, 0.25) is 0 Å². The Morgan fingerprint density at radius 2 is 2.07 bits per heavy atom. The molecule has 2 aliphatic heterocycles. The number of fused-ring (bicyclic) bond motifs is 3. The summed E-state index contributed by atoms with van der Waals surface area (Å²) in [5.41, 5.74) is 2.70. The summed E-state index contributed by atoms with van der Waals surface area (Å²) in [5.74, 6) is 0.693. The first kappa shape index (κ1) is 17.7. The molecule has 3 heterocycles. The van der Waals surface area contributed by atoms with E-state index in [1.54, 1.807) is 30.3 Å². The van der Waals surface area contributed by atoms with Gasteiger partial charge in [-0.25, -0.2) is 4.79 Å². The minimum absolute atomic E-state index is 0.0772. The van der Waals surface area contributed by atoms with Gasteiger partial charge in [0.1, 0.15) is 16.9 Å². The van der Waals surface area contributed by atoms with Crippen molar-refractivity contribution >= 4 is 28.3 Å². The van der Waals surface area contributed by atoms with E-state index in [1.807, 2.05) is 24.3 Å². The number of carbonyl (C=O) groups is 2. The fraction of sp³-hybridized carbons (Fsp3) is 0.368. The molecule has 1 atom stereocenters. The molecule has 2 amide bonds. The maximum Gasteiger partial charge on any atom is 0.410 e. The molecule has 1 aromatic heterocycles. The fourth-order valence-corrected chi connectivity index (χ4v) is 4.74. The highest BCUT2D eigenvalue weighted by Crippen LogP contribution is 2.40. The van der Waals surface area contributed by atoms with Crippen molar-refractivity contribution < 1.29 is 19.1 Å². The van der Waals surface area contributed by atoms with E-state index in [1.165, 1.54) is 0 Å². The lowest BCUT2D eigenvalue weighted by Crippen LogP contribution is -2.39. The first-order chi connectivity index (χ1) is 13.1. The third-order valence-electron chi connectivity index (χ3n) is 4.81. The van der Waals surface area contributed by atoms with Gasteiger partial charge in [-0.15, -0.1) is 11.3 Å². The second kappa shape index (κ2) is 7.11. The molecular weight excluding hydrogens is 366 g/mol. The van der Waals surface area contributed by atoms with Gasteiger partial charge in [-0.1, -0.05) is 12.1 Å². The van der Waals surface area contributed by atoms with Crippen LogP contribution in [0.4, 0.5) is 9.80 Å². The average Bonchev–Trinajstić information content (AvgIpc) is 3.06. The Labute approximate surface area is 161 Å². The Kier molecular flexibility index (Phi) is 4.65. The van der Waals surface area contributed by atoms with E-state index in [-0.39, 0.29) is 18.2 Å². The summed E-state index contributed by atoms with van der Waals surface area (Å²) in [7, 11) is 1.62. The predicted octanol–water partition coefficient (Wildman–Crippen LogP) is 3.13. The van der Waals surface area contributed by atoms with Crippen LogP contribution < -0.4 is 15.4 Å². The molecule has 2 N–H and O–H groups in total. The predicted molar refractivity (Wildman–Crippen MR) is 102 cm³/mol. The van der Waals surface area contributed by atoms with Crippen LogP contribution in [-0.2, 0) is 17.7 Å². The van der Waals surface area contributed by atoms with Gasteiger partial charge in [0.25, 0.3) is 5.91 Å². The average molecular weight is 387 g/mol. The number of nitrogens with one attached hydrogen (secondary N) is 2. The number of hydrogen-bond donors (Lipinski definition) is 2. The highest BCUT2D eigenvalue weighted by atomic mass is 32.1. The zero-order valence-corrected chi connectivity index (χ0v) is 16.0. The van der Waals surface area contributed by atoms with Gasteiger partial charge in [0.15, 0.2) is 0 Å². The Balaban J connectivity index is 1.57. The van der Waals surface area contributed by atoms with Gasteiger partial charge < -0.3 is 25.0 Å². The molecule has 142 valence electrons. The molecule has 0 unspecified atom stereocenters. The van der Waals surface area contributed by atoms with Crippen molar-refractivity contribution in [3.8, 4) is 5.75 Å². The van der Waals surface area contributed by atoms with E-state index < -0.39 is 0 Å². The van der Waals surface area contributed by atoms with Gasteiger partial charge in [-0.05, 0) is 36.6 Å². The van der Waals surface area contributed by atoms with Crippen LogP contribution in [0.5, 0.6) is 5.75 Å². The summed E-state index contributed by atoms with van der Waals surface area (Å²) in [6.07, 6.45) is 0.0580. The quantitative estimate of drug-likeness (QED) is 0.846. The molecule has 0 saturated carbocycles. The van der Waals surface area contributed by atoms with E-state index in [2.05, 4.69) is 10.6 Å². The van der Waals surface area contributed by atoms with Crippen LogP contribution >= 0.6 is 11.3 Å². The van der Waals surface area contributed by atoms with E-state index in [0.29, 0.717) is 31.7 Å². The van der Waals surface area contributed by atoms with Crippen molar-refractivity contribution in [2.75, 3.05) is 25.6 Å². The van der Waals surface area contributed by atoms with Crippen LogP contribution in [0.3, 0.4) is 0 Å². The third-order valence-corrected chi connectivity index (χ3v) is 5.96. The van der Waals surface area contributed by atoms with Gasteiger partial charge >= 0.3 is 6.09 Å². The molecule has 7 nitrogen and oxygen atoms in total. The number of amides is 2. The standard InChI is InChI=1S/C19H21N3O4S/c1-3-26-19(24)22-9-8-13-14(10-22)27-18-15(13)17(23)20-16(21-18)11-4-6-12(25-2)7-5-11/h4-7,16,21H,3,8-10H2,1-2H3,(H,20,23)/t16-/m0/s1. The van der Waals surface area contributed by atoms with Crippen LogP contribution in [0.2, 0.25) is 0 Å². The number of anilines is 1. The number of thiophene rings is 1. The molecule has 0 radical (unpaired) electrons. The van der Waals surface area contributed by atoms with Gasteiger partial charge in [-0.3, -0.25) is 4.79 Å². The molecule has 0 aliphatic carbocycles. The number of nitrogens with zero attached hydrogens (tertiary/aromatic N) is 1. The van der Waals surface area contributed by atoms with Crippen LogP contribution in [0.15, 0.2) is 24.3 Å². The number of hydrogen-bond acceptors (Lipinski definition) is 6. The molecular formula is C19H21N3O4S. The smallest absolute Gasteiger partial charge is 0.410 e. The summed E-state index contributed by atoms with van der Waals surface area (Å²) in [6.45, 7) is 3.19. The van der Waals surface area contributed by atoms with Crippen molar-refractivity contribution in [2.45, 2.75) is 26.1 Å². The topological polar surface area (TPSA) is 79.9 Å². The number of benzene rings is 1. The largest absolute Gasteiger partial charge is 0.497 e. The monoisotopic (exact) mass is 387 g/mol. The maximum absolute atomic E-state index is 12.8. The van der Waals surface area contributed by atoms with Crippen LogP contribution in [-0.4, -0.2) is 37.2 Å². The summed E-state index contributed by atoms with van der Waals surface area (Å²) >= 11 is 1.54. The second-order valence-electron chi connectivity index (χ2n) is 6.40. The summed E-state index contributed by atoms with van der Waals surface area (Å²) in [4.78, 5) is 27.5. The van der Waals surface area contributed by atoms with Gasteiger partial charge in [-0.2, -0.15) is 0 Å². The van der Waals surface area contributed by atoms with Crippen molar-refractivity contribution in [1.82, 2.24) is 10.2 Å². The van der Waals surface area contributed by atoms with Crippen molar-refractivity contribution in [3.63, 3.8) is 0 Å². The fourth-order valence-electron chi connectivity index (χ4n) is 3.45. The molecule has 27 heavy (non-hydrogen) atoms. The summed E-state index contributed by atoms with van der Waals surface area (Å²) in [5, 5.41) is 7.30. The highest BCUT2D eigenvalue weighted by Gasteiger charge is 2.34. The second-order valence-corrected chi connectivity index (χ2v) is 7.51. The molecule has 8 heteroatoms. The zero-order valence-electron chi connectivity index (χ0n) is 15.2. The minimum atomic E-state index is -0.303. The molecule has 4 rings (SSSR count). The number of methoxy groups -OCH3 is 1. The minimum Gasteiger partial charge on any atom is -0.497 e. The van der Waals surface area contributed by atoms with E-state index in [0.717, 1.165) is 26.8 Å². The Bertz CT molecular complexity index is 878. The summed E-state index contributed by atoms with van der Waals surface area (Å²) < 4.78 is 10.3. The van der Waals surface area contributed by atoms with Crippen LogP contribution in [0.1, 0.15) is 39.5 Å². The molecule has 1 aromatic carbocycles. The number of carbonyl (C=O) groups excluding carboxylic acids is 2. The first-order valence-corrected chi connectivity index (χ1v) is 9.70.